The van der Waals surface area contributed by atoms with E-state index in [0.717, 1.165) is 18.5 Å². The Hall–Kier alpha value is -1.80. The maximum atomic E-state index is 10.4. The van der Waals surface area contributed by atoms with Crippen molar-refractivity contribution in [3.05, 3.63) is 65.2 Å². The second kappa shape index (κ2) is 7.28. The highest BCUT2D eigenvalue weighted by Crippen LogP contribution is 2.21. The van der Waals surface area contributed by atoms with Crippen LogP contribution in [0, 0.1) is 13.8 Å². The predicted octanol–water partition coefficient (Wildman–Crippen LogP) is 4.10. The van der Waals surface area contributed by atoms with Gasteiger partial charge >= 0.3 is 0 Å². The van der Waals surface area contributed by atoms with Crippen LogP contribution in [0.15, 0.2) is 48.5 Å². The van der Waals surface area contributed by atoms with Crippen LogP contribution in [0.25, 0.3) is 0 Å². The maximum absolute atomic E-state index is 10.4. The van der Waals surface area contributed by atoms with E-state index in [4.69, 9.17) is 0 Å². The van der Waals surface area contributed by atoms with Gasteiger partial charge < -0.3 is 10.4 Å². The molecule has 0 unspecified atom stereocenters. The van der Waals surface area contributed by atoms with Gasteiger partial charge in [-0.05, 0) is 50.3 Å². The number of aliphatic hydroxyl groups excluding tert-OH is 1. The van der Waals surface area contributed by atoms with E-state index < -0.39 is 0 Å². The van der Waals surface area contributed by atoms with E-state index in [9.17, 15) is 5.11 Å². The Bertz CT molecular complexity index is 545. The summed E-state index contributed by atoms with van der Waals surface area (Å²) in [6, 6.07) is 16.6. The monoisotopic (exact) mass is 283 g/mol. The van der Waals surface area contributed by atoms with Crippen LogP contribution in [0.2, 0.25) is 0 Å². The number of anilines is 1. The van der Waals surface area contributed by atoms with Gasteiger partial charge in [-0.25, -0.2) is 0 Å². The van der Waals surface area contributed by atoms with Crippen molar-refractivity contribution in [3.8, 4) is 0 Å². The van der Waals surface area contributed by atoms with E-state index in [1.165, 1.54) is 16.7 Å². The average Bonchev–Trinajstić information content (AvgIpc) is 2.49. The largest absolute Gasteiger partial charge is 0.391 e. The summed E-state index contributed by atoms with van der Waals surface area (Å²) in [7, 11) is 0. The minimum atomic E-state index is -0.357. The third kappa shape index (κ3) is 4.33. The third-order valence-corrected chi connectivity index (χ3v) is 4.00. The second-order valence-electron chi connectivity index (χ2n) is 5.79. The van der Waals surface area contributed by atoms with Crippen LogP contribution < -0.4 is 5.32 Å². The molecule has 0 aliphatic carbocycles. The van der Waals surface area contributed by atoms with Crippen molar-refractivity contribution in [1.82, 2.24) is 0 Å². The Morgan fingerprint density at radius 2 is 1.57 bits per heavy atom. The molecule has 2 aromatic carbocycles. The molecule has 0 radical (unpaired) electrons. The first kappa shape index (κ1) is 15.6. The van der Waals surface area contributed by atoms with Crippen molar-refractivity contribution in [2.45, 2.75) is 45.8 Å². The molecule has 0 spiro atoms. The topological polar surface area (TPSA) is 32.3 Å². The van der Waals surface area contributed by atoms with E-state index >= 15 is 0 Å². The van der Waals surface area contributed by atoms with E-state index in [-0.39, 0.29) is 12.1 Å². The van der Waals surface area contributed by atoms with Crippen LogP contribution >= 0.6 is 0 Å². The lowest BCUT2D eigenvalue weighted by Crippen LogP contribution is -2.31. The lowest BCUT2D eigenvalue weighted by molar-refractivity contribution is 0.148. The molecule has 2 nitrogen and oxygen atoms in total. The van der Waals surface area contributed by atoms with Crippen molar-refractivity contribution in [1.29, 1.82) is 0 Å². The zero-order chi connectivity index (χ0) is 15.2. The molecule has 0 saturated carbocycles. The fraction of sp³-hybridized carbons (Fsp3) is 0.368. The van der Waals surface area contributed by atoms with Crippen molar-refractivity contribution >= 4 is 5.69 Å². The Labute approximate surface area is 127 Å². The van der Waals surface area contributed by atoms with Crippen LogP contribution in [-0.2, 0) is 6.42 Å². The zero-order valence-electron chi connectivity index (χ0n) is 13.1. The fourth-order valence-corrected chi connectivity index (χ4v) is 2.58. The van der Waals surface area contributed by atoms with Gasteiger partial charge in [0.25, 0.3) is 0 Å². The molecule has 112 valence electrons. The molecule has 0 aromatic heterocycles. The molecule has 0 amide bonds. The van der Waals surface area contributed by atoms with Crippen molar-refractivity contribution in [2.75, 3.05) is 5.32 Å². The van der Waals surface area contributed by atoms with Gasteiger partial charge in [0.1, 0.15) is 0 Å². The summed E-state index contributed by atoms with van der Waals surface area (Å²) in [5.41, 5.74) is 4.86. The molecule has 21 heavy (non-hydrogen) atoms. The summed E-state index contributed by atoms with van der Waals surface area (Å²) in [5.74, 6) is 0. The molecule has 2 N–H and O–H groups in total. The molecule has 0 aliphatic rings. The number of hydrogen-bond acceptors (Lipinski definition) is 2. The zero-order valence-corrected chi connectivity index (χ0v) is 13.1. The number of para-hydroxylation sites is 1. The van der Waals surface area contributed by atoms with Crippen molar-refractivity contribution < 1.29 is 5.11 Å². The Balaban J connectivity index is 1.92. The highest BCUT2D eigenvalue weighted by molar-refractivity contribution is 5.57. The normalized spacial score (nSPS) is 13.7. The van der Waals surface area contributed by atoms with Gasteiger partial charge in [0.05, 0.1) is 6.10 Å². The molecule has 2 heteroatoms. The SMILES string of the molecule is Cc1cccc(C)c1N[C@H](C)[C@H](O)CCc1ccccc1. The second-order valence-corrected chi connectivity index (χ2v) is 5.79. The number of rotatable bonds is 6. The van der Waals surface area contributed by atoms with E-state index in [2.05, 4.69) is 49.5 Å². The summed E-state index contributed by atoms with van der Waals surface area (Å²) in [5, 5.41) is 13.8. The quantitative estimate of drug-likeness (QED) is 0.836. The standard InChI is InChI=1S/C19H25NO/c1-14-8-7-9-15(2)19(14)20-16(3)18(21)13-12-17-10-5-4-6-11-17/h4-11,16,18,20-21H,12-13H2,1-3H3/t16-,18-/m1/s1. The minimum absolute atomic E-state index is 0.0357. The molecule has 2 atom stereocenters. The van der Waals surface area contributed by atoms with Crippen LogP contribution in [0.1, 0.15) is 30.0 Å². The molecule has 2 rings (SSSR count). The molecule has 2 aromatic rings. The first-order valence-corrected chi connectivity index (χ1v) is 7.62. The highest BCUT2D eigenvalue weighted by atomic mass is 16.3. The van der Waals surface area contributed by atoms with Crippen LogP contribution in [-0.4, -0.2) is 17.3 Å². The van der Waals surface area contributed by atoms with E-state index in [1.54, 1.807) is 0 Å². The molecule has 0 heterocycles. The maximum Gasteiger partial charge on any atom is 0.0741 e. The van der Waals surface area contributed by atoms with Gasteiger partial charge in [0.2, 0.25) is 0 Å². The van der Waals surface area contributed by atoms with Gasteiger partial charge in [-0.1, -0.05) is 48.5 Å². The number of hydrogen-bond donors (Lipinski definition) is 2. The summed E-state index contributed by atoms with van der Waals surface area (Å²) < 4.78 is 0. The molecule has 0 fully saturated rings. The molecule has 0 bridgehead atoms. The lowest BCUT2D eigenvalue weighted by atomic mass is 10.0. The summed E-state index contributed by atoms with van der Waals surface area (Å²) in [4.78, 5) is 0. The van der Waals surface area contributed by atoms with E-state index in [0.29, 0.717) is 0 Å². The molecular formula is C19H25NO. The number of aryl methyl sites for hydroxylation is 3. The van der Waals surface area contributed by atoms with Gasteiger partial charge in [-0.15, -0.1) is 0 Å². The third-order valence-electron chi connectivity index (χ3n) is 4.00. The minimum Gasteiger partial charge on any atom is -0.391 e. The first-order chi connectivity index (χ1) is 10.1. The lowest BCUT2D eigenvalue weighted by Gasteiger charge is -2.23. The smallest absolute Gasteiger partial charge is 0.0741 e. The predicted molar refractivity (Wildman–Crippen MR) is 89.8 cm³/mol. The van der Waals surface area contributed by atoms with Crippen LogP contribution in [0.3, 0.4) is 0 Å². The summed E-state index contributed by atoms with van der Waals surface area (Å²) in [6.07, 6.45) is 1.31. The molecule has 0 aliphatic heterocycles. The summed E-state index contributed by atoms with van der Waals surface area (Å²) in [6.45, 7) is 6.23. The Kier molecular flexibility index (Phi) is 5.40. The Morgan fingerprint density at radius 3 is 2.19 bits per heavy atom. The number of nitrogens with one attached hydrogen (secondary N) is 1. The molecular weight excluding hydrogens is 258 g/mol. The number of aliphatic hydroxyl groups is 1. The fourth-order valence-electron chi connectivity index (χ4n) is 2.58. The van der Waals surface area contributed by atoms with Crippen molar-refractivity contribution in [3.63, 3.8) is 0 Å². The van der Waals surface area contributed by atoms with Gasteiger partial charge in [0, 0.05) is 11.7 Å². The average molecular weight is 283 g/mol. The highest BCUT2D eigenvalue weighted by Gasteiger charge is 2.15. The molecule has 0 saturated heterocycles. The van der Waals surface area contributed by atoms with Crippen LogP contribution in [0.5, 0.6) is 0 Å². The summed E-state index contributed by atoms with van der Waals surface area (Å²) >= 11 is 0. The van der Waals surface area contributed by atoms with Gasteiger partial charge in [-0.2, -0.15) is 0 Å². The van der Waals surface area contributed by atoms with Crippen molar-refractivity contribution in [2.24, 2.45) is 0 Å². The van der Waals surface area contributed by atoms with Crippen LogP contribution in [0.4, 0.5) is 5.69 Å². The number of benzene rings is 2. The Morgan fingerprint density at radius 1 is 0.952 bits per heavy atom. The van der Waals surface area contributed by atoms with Gasteiger partial charge in [0.15, 0.2) is 0 Å². The van der Waals surface area contributed by atoms with Gasteiger partial charge in [-0.3, -0.25) is 0 Å². The first-order valence-electron chi connectivity index (χ1n) is 7.62. The van der Waals surface area contributed by atoms with E-state index in [1.807, 2.05) is 25.1 Å².